The highest BCUT2D eigenvalue weighted by Gasteiger charge is 2.30. The van der Waals surface area contributed by atoms with Gasteiger partial charge in [-0.1, -0.05) is 0 Å². The van der Waals surface area contributed by atoms with Crippen LogP contribution in [0.3, 0.4) is 0 Å². The number of ether oxygens (including phenoxy) is 2. The number of carbonyl (C=O) groups excluding carboxylic acids is 1. The van der Waals surface area contributed by atoms with Crippen LogP contribution in [-0.4, -0.2) is 40.0 Å². The van der Waals surface area contributed by atoms with Crippen molar-refractivity contribution < 1.29 is 24.2 Å². The first kappa shape index (κ1) is 19.3. The maximum Gasteiger partial charge on any atom is 0.331 e. The maximum atomic E-state index is 12.6. The summed E-state index contributed by atoms with van der Waals surface area (Å²) in [5, 5.41) is 16.0. The monoisotopic (exact) mass is 361 g/mol. The molecule has 0 saturated carbocycles. The van der Waals surface area contributed by atoms with Crippen LogP contribution in [0.1, 0.15) is 38.1 Å². The smallest absolute Gasteiger partial charge is 0.331 e. The van der Waals surface area contributed by atoms with Crippen LogP contribution in [0.2, 0.25) is 0 Å². The summed E-state index contributed by atoms with van der Waals surface area (Å²) in [6.07, 6.45) is 2.75. The molecule has 1 aromatic carbocycles. The molecule has 0 aliphatic carbocycles. The van der Waals surface area contributed by atoms with E-state index in [2.05, 4.69) is 10.4 Å². The number of hydrogen-bond donors (Lipinski definition) is 2. The van der Waals surface area contributed by atoms with Crippen molar-refractivity contribution in [2.24, 2.45) is 0 Å². The quantitative estimate of drug-likeness (QED) is 0.786. The van der Waals surface area contributed by atoms with Gasteiger partial charge in [0.05, 0.1) is 30.7 Å². The van der Waals surface area contributed by atoms with Gasteiger partial charge in [0.25, 0.3) is 5.91 Å². The lowest BCUT2D eigenvalue weighted by Gasteiger charge is -2.19. The van der Waals surface area contributed by atoms with Gasteiger partial charge in [-0.15, -0.1) is 0 Å². The molecule has 26 heavy (non-hydrogen) atoms. The molecule has 0 radical (unpaired) electrons. The SMILES string of the molecule is COc1ccc(C(=O)Nc2cnn(C(C)(C)C(=O)O)c2)c(OC(C)C)c1. The normalized spacial score (nSPS) is 11.3. The Morgan fingerprint density at radius 1 is 1.31 bits per heavy atom. The Bertz CT molecular complexity index is 811. The Morgan fingerprint density at radius 3 is 2.58 bits per heavy atom. The predicted octanol–water partition coefficient (Wildman–Crippen LogP) is 2.75. The number of carbonyl (C=O) groups is 2. The molecule has 0 bridgehead atoms. The summed E-state index contributed by atoms with van der Waals surface area (Å²) in [5.74, 6) is -0.444. The number of carboxylic acid groups (broad SMARTS) is 1. The van der Waals surface area contributed by atoms with Crippen molar-refractivity contribution in [1.29, 1.82) is 0 Å². The van der Waals surface area contributed by atoms with Crippen molar-refractivity contribution in [2.75, 3.05) is 12.4 Å². The van der Waals surface area contributed by atoms with Crippen LogP contribution in [0.25, 0.3) is 0 Å². The van der Waals surface area contributed by atoms with Gasteiger partial charge < -0.3 is 19.9 Å². The van der Waals surface area contributed by atoms with Gasteiger partial charge in [0.15, 0.2) is 5.54 Å². The fraction of sp³-hybridized carbons (Fsp3) is 0.389. The number of methoxy groups -OCH3 is 1. The molecule has 1 amide bonds. The molecule has 1 aromatic heterocycles. The van der Waals surface area contributed by atoms with Crippen LogP contribution >= 0.6 is 0 Å². The average molecular weight is 361 g/mol. The summed E-state index contributed by atoms with van der Waals surface area (Å²) in [7, 11) is 1.53. The van der Waals surface area contributed by atoms with Crippen molar-refractivity contribution in [2.45, 2.75) is 39.3 Å². The summed E-state index contributed by atoms with van der Waals surface area (Å²) >= 11 is 0. The summed E-state index contributed by atoms with van der Waals surface area (Å²) < 4.78 is 12.2. The fourth-order valence-corrected chi connectivity index (χ4v) is 2.16. The second-order valence-corrected chi connectivity index (χ2v) is 6.52. The van der Waals surface area contributed by atoms with E-state index in [0.29, 0.717) is 22.7 Å². The standard InChI is InChI=1S/C18H23N3O5/c1-11(2)26-15-8-13(25-5)6-7-14(15)16(22)20-12-9-19-21(10-12)18(3,4)17(23)24/h6-11H,1-5H3,(H,20,22)(H,23,24). The minimum Gasteiger partial charge on any atom is -0.497 e. The van der Waals surface area contributed by atoms with Crippen LogP contribution in [0.15, 0.2) is 30.6 Å². The van der Waals surface area contributed by atoms with E-state index in [4.69, 9.17) is 9.47 Å². The van der Waals surface area contributed by atoms with Gasteiger partial charge in [0.1, 0.15) is 11.5 Å². The number of aliphatic carboxylic acids is 1. The lowest BCUT2D eigenvalue weighted by molar-refractivity contribution is -0.146. The molecular formula is C18H23N3O5. The first-order chi connectivity index (χ1) is 12.1. The molecule has 8 nitrogen and oxygen atoms in total. The molecule has 2 aromatic rings. The Hall–Kier alpha value is -3.03. The second-order valence-electron chi connectivity index (χ2n) is 6.52. The lowest BCUT2D eigenvalue weighted by atomic mass is 10.1. The summed E-state index contributed by atoms with van der Waals surface area (Å²) in [4.78, 5) is 23.9. The van der Waals surface area contributed by atoms with E-state index in [1.165, 1.54) is 38.0 Å². The van der Waals surface area contributed by atoms with Gasteiger partial charge in [-0.25, -0.2) is 4.79 Å². The maximum absolute atomic E-state index is 12.6. The van der Waals surface area contributed by atoms with E-state index < -0.39 is 17.4 Å². The second kappa shape index (κ2) is 7.47. The number of carboxylic acids is 1. The number of aromatic nitrogens is 2. The largest absolute Gasteiger partial charge is 0.497 e. The molecule has 0 unspecified atom stereocenters. The van der Waals surface area contributed by atoms with Crippen LogP contribution in [0.4, 0.5) is 5.69 Å². The number of amides is 1. The van der Waals surface area contributed by atoms with Crippen molar-refractivity contribution >= 4 is 17.6 Å². The van der Waals surface area contributed by atoms with Crippen LogP contribution in [0, 0.1) is 0 Å². The van der Waals surface area contributed by atoms with Crippen molar-refractivity contribution in [1.82, 2.24) is 9.78 Å². The number of anilines is 1. The highest BCUT2D eigenvalue weighted by molar-refractivity contribution is 6.06. The highest BCUT2D eigenvalue weighted by Crippen LogP contribution is 2.27. The molecule has 2 N–H and O–H groups in total. The molecule has 0 fully saturated rings. The zero-order chi connectivity index (χ0) is 19.5. The van der Waals surface area contributed by atoms with Crippen molar-refractivity contribution in [3.05, 3.63) is 36.2 Å². The van der Waals surface area contributed by atoms with E-state index in [9.17, 15) is 14.7 Å². The topological polar surface area (TPSA) is 103 Å². The Labute approximate surface area is 151 Å². The molecule has 1 heterocycles. The van der Waals surface area contributed by atoms with E-state index >= 15 is 0 Å². The van der Waals surface area contributed by atoms with Gasteiger partial charge >= 0.3 is 5.97 Å². The number of benzene rings is 1. The Kier molecular flexibility index (Phi) is 5.54. The first-order valence-corrected chi connectivity index (χ1v) is 8.09. The molecule has 0 aliphatic rings. The van der Waals surface area contributed by atoms with Crippen molar-refractivity contribution in [3.8, 4) is 11.5 Å². The van der Waals surface area contributed by atoms with E-state index in [0.717, 1.165) is 0 Å². The molecule has 140 valence electrons. The van der Waals surface area contributed by atoms with Crippen LogP contribution in [-0.2, 0) is 10.3 Å². The summed E-state index contributed by atoms with van der Waals surface area (Å²) in [6, 6.07) is 4.92. The van der Waals surface area contributed by atoms with E-state index in [1.54, 1.807) is 18.2 Å². The Balaban J connectivity index is 2.25. The fourth-order valence-electron chi connectivity index (χ4n) is 2.16. The molecule has 0 spiro atoms. The minimum absolute atomic E-state index is 0.118. The van der Waals surface area contributed by atoms with Gasteiger partial charge in [0, 0.05) is 12.3 Å². The predicted molar refractivity (Wildman–Crippen MR) is 95.9 cm³/mol. The highest BCUT2D eigenvalue weighted by atomic mass is 16.5. The molecular weight excluding hydrogens is 338 g/mol. The van der Waals surface area contributed by atoms with Gasteiger partial charge in [0.2, 0.25) is 0 Å². The first-order valence-electron chi connectivity index (χ1n) is 8.09. The van der Waals surface area contributed by atoms with Crippen LogP contribution in [0.5, 0.6) is 11.5 Å². The van der Waals surface area contributed by atoms with E-state index in [1.807, 2.05) is 13.8 Å². The third-order valence-electron chi connectivity index (χ3n) is 3.73. The van der Waals surface area contributed by atoms with Gasteiger partial charge in [-0.05, 0) is 39.8 Å². The molecule has 0 aliphatic heterocycles. The van der Waals surface area contributed by atoms with Gasteiger partial charge in [-0.2, -0.15) is 5.10 Å². The minimum atomic E-state index is -1.23. The molecule has 0 saturated heterocycles. The average Bonchev–Trinajstić information content (AvgIpc) is 3.03. The third-order valence-corrected chi connectivity index (χ3v) is 3.73. The zero-order valence-electron chi connectivity index (χ0n) is 15.4. The van der Waals surface area contributed by atoms with E-state index in [-0.39, 0.29) is 6.10 Å². The number of nitrogens with one attached hydrogen (secondary N) is 1. The number of rotatable bonds is 7. The third kappa shape index (κ3) is 4.14. The molecule has 8 heteroatoms. The van der Waals surface area contributed by atoms with Crippen molar-refractivity contribution in [3.63, 3.8) is 0 Å². The summed E-state index contributed by atoms with van der Waals surface area (Å²) in [6.45, 7) is 6.76. The van der Waals surface area contributed by atoms with Gasteiger partial charge in [-0.3, -0.25) is 9.48 Å². The number of hydrogen-bond acceptors (Lipinski definition) is 5. The number of nitrogens with zero attached hydrogens (tertiary/aromatic N) is 2. The Morgan fingerprint density at radius 2 is 2.00 bits per heavy atom. The molecule has 2 rings (SSSR count). The summed E-state index contributed by atoms with van der Waals surface area (Å²) in [5.41, 5.74) is -0.505. The van der Waals surface area contributed by atoms with Crippen LogP contribution < -0.4 is 14.8 Å². The molecule has 0 atom stereocenters. The lowest BCUT2D eigenvalue weighted by Crippen LogP contribution is -2.35. The zero-order valence-corrected chi connectivity index (χ0v) is 15.4.